The lowest BCUT2D eigenvalue weighted by Gasteiger charge is -2.30. The third kappa shape index (κ3) is 4.52. The van der Waals surface area contributed by atoms with Crippen LogP contribution >= 0.6 is 11.3 Å². The summed E-state index contributed by atoms with van der Waals surface area (Å²) in [5.74, 6) is 0.0947. The molecule has 3 aromatic rings. The van der Waals surface area contributed by atoms with Crippen molar-refractivity contribution in [2.75, 3.05) is 13.7 Å². The van der Waals surface area contributed by atoms with Crippen molar-refractivity contribution < 1.29 is 19.5 Å². The average molecular weight is 435 g/mol. The summed E-state index contributed by atoms with van der Waals surface area (Å²) in [4.78, 5) is 28.2. The van der Waals surface area contributed by atoms with Gasteiger partial charge in [0.25, 0.3) is 11.8 Å². The highest BCUT2D eigenvalue weighted by atomic mass is 32.1. The largest absolute Gasteiger partial charge is 0.497 e. The molecule has 7 heteroatoms. The number of benzene rings is 2. The number of nitrogens with zero attached hydrogens (tertiary/aromatic N) is 1. The van der Waals surface area contributed by atoms with Gasteiger partial charge in [0.2, 0.25) is 0 Å². The first kappa shape index (κ1) is 20.8. The van der Waals surface area contributed by atoms with Crippen molar-refractivity contribution in [3.05, 3.63) is 87.1 Å². The Balaban J connectivity index is 1.65. The predicted octanol–water partition coefficient (Wildman–Crippen LogP) is 4.00. The Hall–Kier alpha value is -3.42. The molecule has 0 unspecified atom stereocenters. The molecule has 0 atom stereocenters. The van der Waals surface area contributed by atoms with Gasteiger partial charge in [-0.1, -0.05) is 24.3 Å². The van der Waals surface area contributed by atoms with E-state index >= 15 is 0 Å². The number of hydrogen-bond donors (Lipinski definition) is 2. The number of hydrogen-bond acceptors (Lipinski definition) is 5. The lowest BCUT2D eigenvalue weighted by molar-refractivity contribution is -0.125. The van der Waals surface area contributed by atoms with Crippen LogP contribution in [0.1, 0.15) is 31.9 Å². The zero-order valence-corrected chi connectivity index (χ0v) is 17.8. The molecule has 0 bridgehead atoms. The van der Waals surface area contributed by atoms with Crippen LogP contribution in [0.15, 0.2) is 60.0 Å². The van der Waals surface area contributed by atoms with E-state index in [1.807, 2.05) is 53.9 Å². The van der Waals surface area contributed by atoms with E-state index < -0.39 is 5.91 Å². The van der Waals surface area contributed by atoms with Crippen molar-refractivity contribution in [2.45, 2.75) is 13.0 Å². The molecule has 0 spiro atoms. The maximum atomic E-state index is 13.6. The van der Waals surface area contributed by atoms with Gasteiger partial charge in [-0.2, -0.15) is 0 Å². The maximum absolute atomic E-state index is 13.6. The smallest absolute Gasteiger partial charge is 0.274 e. The van der Waals surface area contributed by atoms with E-state index in [1.54, 1.807) is 41.0 Å². The fourth-order valence-corrected chi connectivity index (χ4v) is 4.32. The molecular weight excluding hydrogens is 412 g/mol. The van der Waals surface area contributed by atoms with Gasteiger partial charge < -0.3 is 9.64 Å². The van der Waals surface area contributed by atoms with E-state index in [0.29, 0.717) is 30.6 Å². The summed E-state index contributed by atoms with van der Waals surface area (Å²) >= 11 is 1.57. The van der Waals surface area contributed by atoms with Gasteiger partial charge in [-0.3, -0.25) is 14.8 Å². The monoisotopic (exact) mass is 434 g/mol. The summed E-state index contributed by atoms with van der Waals surface area (Å²) in [6.45, 7) is 0.994. The number of ether oxygens (including phenoxy) is 1. The highest BCUT2D eigenvalue weighted by molar-refractivity contribution is 7.11. The molecule has 1 aliphatic heterocycles. The molecule has 31 heavy (non-hydrogen) atoms. The van der Waals surface area contributed by atoms with Gasteiger partial charge in [0.05, 0.1) is 7.11 Å². The van der Waals surface area contributed by atoms with Crippen LogP contribution in [0.2, 0.25) is 0 Å². The molecule has 0 saturated heterocycles. The summed E-state index contributed by atoms with van der Waals surface area (Å²) < 4.78 is 5.25. The van der Waals surface area contributed by atoms with E-state index in [0.717, 1.165) is 27.3 Å². The molecule has 0 saturated carbocycles. The summed E-state index contributed by atoms with van der Waals surface area (Å²) in [5.41, 5.74) is 5.46. The molecule has 2 heterocycles. The molecule has 0 fully saturated rings. The summed E-state index contributed by atoms with van der Waals surface area (Å²) in [6.07, 6.45) is 2.62. The topological polar surface area (TPSA) is 78.9 Å². The van der Waals surface area contributed by atoms with Gasteiger partial charge in [-0.25, -0.2) is 5.48 Å². The Morgan fingerprint density at radius 2 is 1.87 bits per heavy atom. The average Bonchev–Trinajstić information content (AvgIpc) is 3.34. The number of methoxy groups -OCH3 is 1. The SMILES string of the molecule is COc1ccc(C(=Cc2cccs2)C(=O)N2CCc3ccc(C(=O)NO)cc3C2)cc1. The van der Waals surface area contributed by atoms with E-state index in [1.165, 1.54) is 0 Å². The Morgan fingerprint density at radius 1 is 1.10 bits per heavy atom. The number of carbonyl (C=O) groups is 2. The summed E-state index contributed by atoms with van der Waals surface area (Å²) in [7, 11) is 1.61. The molecule has 158 valence electrons. The molecule has 0 radical (unpaired) electrons. The quantitative estimate of drug-likeness (QED) is 0.361. The molecule has 4 rings (SSSR count). The minimum atomic E-state index is -0.567. The first-order valence-electron chi connectivity index (χ1n) is 9.84. The molecule has 2 aromatic carbocycles. The fraction of sp³-hybridized carbons (Fsp3) is 0.167. The van der Waals surface area contributed by atoms with Gasteiger partial charge >= 0.3 is 0 Å². The number of hydroxylamine groups is 1. The van der Waals surface area contributed by atoms with E-state index in [-0.39, 0.29) is 5.91 Å². The first-order valence-corrected chi connectivity index (χ1v) is 10.7. The second kappa shape index (κ2) is 9.16. The predicted molar refractivity (Wildman–Crippen MR) is 120 cm³/mol. The number of nitrogens with one attached hydrogen (secondary N) is 1. The molecule has 1 aliphatic rings. The molecule has 1 aromatic heterocycles. The maximum Gasteiger partial charge on any atom is 0.274 e. The number of thiophene rings is 1. The standard InChI is InChI=1S/C24H22N2O4S/c1-30-20-8-6-17(7-9-20)22(14-21-3-2-12-31-21)24(28)26-11-10-16-4-5-18(23(27)25-29)13-19(16)15-26/h2-9,12-14,29H,10-11,15H2,1H3,(H,25,27). The van der Waals surface area contributed by atoms with Crippen molar-refractivity contribution in [3.8, 4) is 5.75 Å². The number of rotatable bonds is 5. The molecule has 0 aliphatic carbocycles. The third-order valence-corrected chi connectivity index (χ3v) is 6.15. The van der Waals surface area contributed by atoms with Crippen LogP contribution < -0.4 is 10.2 Å². The normalized spacial score (nSPS) is 13.5. The van der Waals surface area contributed by atoms with Crippen molar-refractivity contribution >= 4 is 34.8 Å². The third-order valence-electron chi connectivity index (χ3n) is 5.33. The Bertz CT molecular complexity index is 1120. The number of amides is 2. The molecular formula is C24H22N2O4S. The Labute approximate surface area is 184 Å². The minimum Gasteiger partial charge on any atom is -0.497 e. The number of carbonyl (C=O) groups excluding carboxylic acids is 2. The number of fused-ring (bicyclic) bond motifs is 1. The zero-order valence-electron chi connectivity index (χ0n) is 17.0. The molecule has 6 nitrogen and oxygen atoms in total. The Kier molecular flexibility index (Phi) is 6.16. The first-order chi connectivity index (χ1) is 15.1. The highest BCUT2D eigenvalue weighted by Gasteiger charge is 2.25. The van der Waals surface area contributed by atoms with E-state index in [2.05, 4.69) is 0 Å². The summed E-state index contributed by atoms with van der Waals surface area (Å²) in [6, 6.07) is 16.7. The van der Waals surface area contributed by atoms with Crippen LogP contribution in [-0.2, 0) is 17.8 Å². The minimum absolute atomic E-state index is 0.0683. The highest BCUT2D eigenvalue weighted by Crippen LogP contribution is 2.28. The van der Waals surface area contributed by atoms with Crippen molar-refractivity contribution in [3.63, 3.8) is 0 Å². The van der Waals surface area contributed by atoms with Crippen molar-refractivity contribution in [1.82, 2.24) is 10.4 Å². The van der Waals surface area contributed by atoms with E-state index in [9.17, 15) is 9.59 Å². The van der Waals surface area contributed by atoms with Gasteiger partial charge in [0.1, 0.15) is 5.75 Å². The fourth-order valence-electron chi connectivity index (χ4n) is 3.66. The molecule has 2 amide bonds. The second-order valence-electron chi connectivity index (χ2n) is 7.20. The van der Waals surface area contributed by atoms with Crippen LogP contribution in [0, 0.1) is 0 Å². The van der Waals surface area contributed by atoms with Crippen LogP contribution in [0.3, 0.4) is 0 Å². The van der Waals surface area contributed by atoms with Crippen LogP contribution in [0.5, 0.6) is 5.75 Å². The zero-order chi connectivity index (χ0) is 21.8. The van der Waals surface area contributed by atoms with Gasteiger partial charge in [-0.05, 0) is 64.9 Å². The van der Waals surface area contributed by atoms with Gasteiger partial charge in [0, 0.05) is 29.1 Å². The summed E-state index contributed by atoms with van der Waals surface area (Å²) in [5, 5.41) is 10.9. The lowest BCUT2D eigenvalue weighted by atomic mass is 9.95. The van der Waals surface area contributed by atoms with Crippen LogP contribution in [0.25, 0.3) is 11.6 Å². The van der Waals surface area contributed by atoms with Gasteiger partial charge in [-0.15, -0.1) is 11.3 Å². The molecule has 2 N–H and O–H groups in total. The van der Waals surface area contributed by atoms with Crippen molar-refractivity contribution in [2.24, 2.45) is 0 Å². The van der Waals surface area contributed by atoms with Gasteiger partial charge in [0.15, 0.2) is 0 Å². The van der Waals surface area contributed by atoms with Crippen molar-refractivity contribution in [1.29, 1.82) is 0 Å². The van der Waals surface area contributed by atoms with Crippen LogP contribution in [0.4, 0.5) is 0 Å². The lowest BCUT2D eigenvalue weighted by Crippen LogP contribution is -2.36. The van der Waals surface area contributed by atoms with Crippen LogP contribution in [-0.4, -0.2) is 35.6 Å². The Morgan fingerprint density at radius 3 is 2.55 bits per heavy atom. The second-order valence-corrected chi connectivity index (χ2v) is 8.18. The van der Waals surface area contributed by atoms with E-state index in [4.69, 9.17) is 9.94 Å².